The number of ether oxygens (including phenoxy) is 1. The van der Waals surface area contributed by atoms with Crippen LogP contribution in [-0.4, -0.2) is 12.4 Å². The van der Waals surface area contributed by atoms with Gasteiger partial charge in [0.1, 0.15) is 5.75 Å². The normalized spacial score (nSPS) is 10.5. The molecule has 0 saturated carbocycles. The van der Waals surface area contributed by atoms with E-state index in [9.17, 15) is 13.6 Å². The molecule has 0 aromatic heterocycles. The highest BCUT2D eigenvalue weighted by atomic mass is 79.9. The van der Waals surface area contributed by atoms with Crippen LogP contribution in [0.3, 0.4) is 0 Å². The highest BCUT2D eigenvalue weighted by Gasteiger charge is 2.14. The number of ketones is 1. The van der Waals surface area contributed by atoms with Crippen LogP contribution in [0, 0.1) is 0 Å². The zero-order valence-electron chi connectivity index (χ0n) is 7.56. The fourth-order valence-corrected chi connectivity index (χ4v) is 1.48. The lowest BCUT2D eigenvalue weighted by atomic mass is 10.1. The predicted molar refractivity (Wildman–Crippen MR) is 55.8 cm³/mol. The molecule has 0 amide bonds. The summed E-state index contributed by atoms with van der Waals surface area (Å²) in [4.78, 5) is 11.0. The summed E-state index contributed by atoms with van der Waals surface area (Å²) in [6.45, 7) is -1.65. The second-order valence-electron chi connectivity index (χ2n) is 2.70. The number of halogens is 4. The van der Waals surface area contributed by atoms with E-state index in [1.165, 1.54) is 19.1 Å². The van der Waals surface area contributed by atoms with Crippen LogP contribution in [0.5, 0.6) is 5.75 Å². The van der Waals surface area contributed by atoms with Crippen LogP contribution in [0.2, 0.25) is 5.02 Å². The summed E-state index contributed by atoms with van der Waals surface area (Å²) in [5.41, 5.74) is 0.221. The number of carbonyl (C=O) groups excluding carboxylic acids is 1. The zero-order chi connectivity index (χ0) is 11.6. The number of alkyl halides is 2. The Bertz CT molecular complexity index is 396. The van der Waals surface area contributed by atoms with E-state index in [1.54, 1.807) is 0 Å². The van der Waals surface area contributed by atoms with Gasteiger partial charge < -0.3 is 4.74 Å². The Morgan fingerprint density at radius 3 is 2.60 bits per heavy atom. The largest absolute Gasteiger partial charge is 0.434 e. The van der Waals surface area contributed by atoms with E-state index >= 15 is 0 Å². The van der Waals surface area contributed by atoms with Crippen molar-refractivity contribution in [3.63, 3.8) is 0 Å². The Labute approximate surface area is 98.3 Å². The minimum atomic E-state index is -2.96. The van der Waals surface area contributed by atoms with E-state index < -0.39 is 6.61 Å². The van der Waals surface area contributed by atoms with Crippen LogP contribution in [-0.2, 0) is 0 Å². The summed E-state index contributed by atoms with van der Waals surface area (Å²) in [5, 5.41) is 0.151. The molecule has 1 aromatic carbocycles. The average molecular weight is 299 g/mol. The molecule has 0 N–H and O–H groups in total. The molecule has 15 heavy (non-hydrogen) atoms. The van der Waals surface area contributed by atoms with Crippen molar-refractivity contribution >= 4 is 33.3 Å². The lowest BCUT2D eigenvalue weighted by Gasteiger charge is -2.09. The van der Waals surface area contributed by atoms with Crippen molar-refractivity contribution in [2.75, 3.05) is 0 Å². The van der Waals surface area contributed by atoms with Crippen LogP contribution in [0.15, 0.2) is 16.6 Å². The highest BCUT2D eigenvalue weighted by Crippen LogP contribution is 2.34. The van der Waals surface area contributed by atoms with Gasteiger partial charge in [-0.05, 0) is 35.0 Å². The van der Waals surface area contributed by atoms with Gasteiger partial charge in [0.2, 0.25) is 0 Å². The molecule has 0 unspecified atom stereocenters. The fraction of sp³-hybridized carbons (Fsp3) is 0.222. The number of carbonyl (C=O) groups is 1. The average Bonchev–Trinajstić information content (AvgIpc) is 2.11. The molecule has 82 valence electrons. The summed E-state index contributed by atoms with van der Waals surface area (Å²) in [5.74, 6) is -0.425. The number of benzene rings is 1. The number of Topliss-reactive ketones (excluding diaryl/α,β-unsaturated/α-hetero) is 1. The van der Waals surface area contributed by atoms with Crippen LogP contribution in [0.1, 0.15) is 17.3 Å². The number of hydrogen-bond donors (Lipinski definition) is 0. The Hall–Kier alpha value is -0.680. The molecule has 0 fully saturated rings. The van der Waals surface area contributed by atoms with Crippen molar-refractivity contribution in [2.45, 2.75) is 13.5 Å². The topological polar surface area (TPSA) is 26.3 Å². The number of hydrogen-bond acceptors (Lipinski definition) is 2. The summed E-state index contributed by atoms with van der Waals surface area (Å²) >= 11 is 8.71. The van der Waals surface area contributed by atoms with E-state index in [0.29, 0.717) is 0 Å². The van der Waals surface area contributed by atoms with Gasteiger partial charge in [0.05, 0.1) is 9.50 Å². The molecular formula is C9H6BrClF2O2. The van der Waals surface area contributed by atoms with Gasteiger partial charge in [-0.2, -0.15) is 8.78 Å². The van der Waals surface area contributed by atoms with Gasteiger partial charge in [0.15, 0.2) is 5.78 Å². The van der Waals surface area contributed by atoms with Gasteiger partial charge in [0.25, 0.3) is 0 Å². The molecule has 0 bridgehead atoms. The first kappa shape index (κ1) is 12.4. The fourth-order valence-electron chi connectivity index (χ4n) is 0.949. The SMILES string of the molecule is CC(=O)c1cc(Cl)c(Br)c(OC(F)F)c1. The molecule has 0 spiro atoms. The van der Waals surface area contributed by atoms with E-state index in [4.69, 9.17) is 11.6 Å². The maximum atomic E-state index is 12.0. The Kier molecular flexibility index (Phi) is 4.04. The molecule has 6 heteroatoms. The molecule has 1 rings (SSSR count). The molecule has 0 aliphatic rings. The predicted octanol–water partition coefficient (Wildman–Crippen LogP) is 3.91. The zero-order valence-corrected chi connectivity index (χ0v) is 9.90. The van der Waals surface area contributed by atoms with Gasteiger partial charge in [-0.25, -0.2) is 0 Å². The van der Waals surface area contributed by atoms with E-state index in [0.717, 1.165) is 0 Å². The molecule has 0 heterocycles. The van der Waals surface area contributed by atoms with Crippen molar-refractivity contribution in [1.29, 1.82) is 0 Å². The van der Waals surface area contributed by atoms with Gasteiger partial charge in [-0.1, -0.05) is 11.6 Å². The first-order valence-electron chi connectivity index (χ1n) is 3.86. The van der Waals surface area contributed by atoms with Gasteiger partial charge >= 0.3 is 6.61 Å². The Morgan fingerprint density at radius 2 is 2.13 bits per heavy atom. The van der Waals surface area contributed by atoms with Crippen LogP contribution < -0.4 is 4.74 Å². The highest BCUT2D eigenvalue weighted by molar-refractivity contribution is 9.10. The van der Waals surface area contributed by atoms with Gasteiger partial charge in [-0.15, -0.1) is 0 Å². The van der Waals surface area contributed by atoms with Crippen molar-refractivity contribution in [1.82, 2.24) is 0 Å². The molecule has 0 radical (unpaired) electrons. The smallest absolute Gasteiger partial charge is 0.387 e. The number of rotatable bonds is 3. The van der Waals surface area contributed by atoms with Crippen molar-refractivity contribution < 1.29 is 18.3 Å². The minimum absolute atomic E-state index is 0.150. The van der Waals surface area contributed by atoms with Crippen molar-refractivity contribution in [3.05, 3.63) is 27.2 Å². The lowest BCUT2D eigenvalue weighted by Crippen LogP contribution is -2.04. The van der Waals surface area contributed by atoms with E-state index in [1.807, 2.05) is 0 Å². The maximum absolute atomic E-state index is 12.0. The standard InChI is InChI=1S/C9H6BrClF2O2/c1-4(14)5-2-6(11)8(10)7(3-5)15-9(12)13/h2-3,9H,1H3. The Balaban J connectivity index is 3.19. The molecule has 2 nitrogen and oxygen atoms in total. The van der Waals surface area contributed by atoms with E-state index in [-0.39, 0.29) is 26.6 Å². The molecule has 0 aliphatic carbocycles. The maximum Gasteiger partial charge on any atom is 0.387 e. The third-order valence-electron chi connectivity index (χ3n) is 1.62. The molecule has 0 saturated heterocycles. The third-order valence-corrected chi connectivity index (χ3v) is 2.96. The minimum Gasteiger partial charge on any atom is -0.434 e. The summed E-state index contributed by atoms with van der Waals surface area (Å²) in [7, 11) is 0. The molecule has 0 aliphatic heterocycles. The van der Waals surface area contributed by atoms with Crippen molar-refractivity contribution in [3.8, 4) is 5.75 Å². The third kappa shape index (κ3) is 3.14. The molecule has 0 atom stereocenters. The summed E-state index contributed by atoms with van der Waals surface area (Å²) < 4.78 is 28.4. The van der Waals surface area contributed by atoms with Crippen molar-refractivity contribution in [2.24, 2.45) is 0 Å². The van der Waals surface area contributed by atoms with Gasteiger partial charge in [0, 0.05) is 5.56 Å². The monoisotopic (exact) mass is 298 g/mol. The summed E-state index contributed by atoms with van der Waals surface area (Å²) in [6.07, 6.45) is 0. The first-order valence-corrected chi connectivity index (χ1v) is 5.03. The quantitative estimate of drug-likeness (QED) is 0.791. The van der Waals surface area contributed by atoms with Gasteiger partial charge in [-0.3, -0.25) is 4.79 Å². The van der Waals surface area contributed by atoms with Crippen LogP contribution >= 0.6 is 27.5 Å². The van der Waals surface area contributed by atoms with E-state index in [2.05, 4.69) is 20.7 Å². The Morgan fingerprint density at radius 1 is 1.53 bits per heavy atom. The molecule has 1 aromatic rings. The second kappa shape index (κ2) is 4.90. The second-order valence-corrected chi connectivity index (χ2v) is 3.91. The summed E-state index contributed by atoms with van der Waals surface area (Å²) in [6, 6.07) is 2.59. The van der Waals surface area contributed by atoms with Crippen LogP contribution in [0.25, 0.3) is 0 Å². The van der Waals surface area contributed by atoms with Crippen LogP contribution in [0.4, 0.5) is 8.78 Å². The first-order chi connectivity index (χ1) is 6.91. The molecular weight excluding hydrogens is 293 g/mol. The lowest BCUT2D eigenvalue weighted by molar-refractivity contribution is -0.0503.